The van der Waals surface area contributed by atoms with Crippen LogP contribution in [-0.2, 0) is 4.79 Å². The number of hydrogen-bond donors (Lipinski definition) is 1. The van der Waals surface area contributed by atoms with E-state index < -0.39 is 0 Å². The van der Waals surface area contributed by atoms with E-state index in [1.807, 2.05) is 6.79 Å². The first-order valence-electron chi connectivity index (χ1n) is 4.85. The molecule has 14 heavy (non-hydrogen) atoms. The Morgan fingerprint density at radius 3 is 2.93 bits per heavy atom. The first-order chi connectivity index (χ1) is 6.81. The number of nitrogens with zero attached hydrogens (tertiary/aromatic N) is 1. The molecule has 0 bridgehead atoms. The minimum Gasteiger partial charge on any atom is -0.392 e. The largest absolute Gasteiger partial charge is 0.392 e. The van der Waals surface area contributed by atoms with Gasteiger partial charge < -0.3 is 14.8 Å². The fourth-order valence-corrected chi connectivity index (χ4v) is 1.98. The number of fused-ring (bicyclic) bond motifs is 1. The van der Waals surface area contributed by atoms with Gasteiger partial charge in [0.25, 0.3) is 0 Å². The van der Waals surface area contributed by atoms with Crippen LogP contribution in [0.3, 0.4) is 0 Å². The number of hydrogen-bond acceptors (Lipinski definition) is 3. The molecule has 0 radical (unpaired) electrons. The molecular formula is C11H17NO2. The number of aliphatic hydroxyl groups excluding tert-OH is 1. The second kappa shape index (κ2) is 4.96. The van der Waals surface area contributed by atoms with Crippen molar-refractivity contribution in [2.24, 2.45) is 0 Å². The van der Waals surface area contributed by atoms with Gasteiger partial charge in [0, 0.05) is 18.8 Å². The zero-order valence-electron chi connectivity index (χ0n) is 8.62. The third-order valence-corrected chi connectivity index (χ3v) is 2.78. The summed E-state index contributed by atoms with van der Waals surface area (Å²) < 4.78 is 0. The Hall–Kier alpha value is -1.09. The van der Waals surface area contributed by atoms with E-state index in [2.05, 4.69) is 17.9 Å². The molecule has 0 saturated carbocycles. The predicted molar refractivity (Wildman–Crippen MR) is 55.8 cm³/mol. The van der Waals surface area contributed by atoms with Crippen molar-refractivity contribution in [2.45, 2.75) is 19.8 Å². The lowest BCUT2D eigenvalue weighted by Crippen LogP contribution is -2.25. The maximum absolute atomic E-state index is 9.07. The first-order valence-corrected chi connectivity index (χ1v) is 4.85. The van der Waals surface area contributed by atoms with Crippen molar-refractivity contribution in [3.05, 3.63) is 22.9 Å². The molecular weight excluding hydrogens is 178 g/mol. The second-order valence-corrected chi connectivity index (χ2v) is 3.61. The minimum atomic E-state index is 0.214. The molecule has 2 aliphatic heterocycles. The van der Waals surface area contributed by atoms with Crippen LogP contribution in [0, 0.1) is 0 Å². The van der Waals surface area contributed by atoms with Crippen LogP contribution in [-0.4, -0.2) is 36.5 Å². The van der Waals surface area contributed by atoms with Crippen LogP contribution in [0.15, 0.2) is 22.9 Å². The summed E-state index contributed by atoms with van der Waals surface area (Å²) in [6.07, 6.45) is 4.72. The lowest BCUT2D eigenvalue weighted by Gasteiger charge is -2.26. The van der Waals surface area contributed by atoms with Crippen molar-refractivity contribution in [2.75, 3.05) is 19.7 Å². The highest BCUT2D eigenvalue weighted by molar-refractivity contribution is 5.33. The van der Waals surface area contributed by atoms with E-state index in [-0.39, 0.29) is 6.61 Å². The van der Waals surface area contributed by atoms with Crippen molar-refractivity contribution >= 4 is 6.79 Å². The van der Waals surface area contributed by atoms with E-state index >= 15 is 0 Å². The molecule has 1 saturated heterocycles. The molecule has 0 aromatic heterocycles. The van der Waals surface area contributed by atoms with E-state index in [1.54, 1.807) is 0 Å². The van der Waals surface area contributed by atoms with Crippen LogP contribution in [0.2, 0.25) is 0 Å². The summed E-state index contributed by atoms with van der Waals surface area (Å²) in [7, 11) is 0. The molecule has 3 nitrogen and oxygen atoms in total. The molecule has 0 aromatic carbocycles. The van der Waals surface area contributed by atoms with Crippen LogP contribution < -0.4 is 0 Å². The molecule has 2 rings (SSSR count). The van der Waals surface area contributed by atoms with Gasteiger partial charge in [0.15, 0.2) is 0 Å². The van der Waals surface area contributed by atoms with Crippen LogP contribution in [0.25, 0.3) is 0 Å². The zero-order valence-corrected chi connectivity index (χ0v) is 8.62. The van der Waals surface area contributed by atoms with Crippen molar-refractivity contribution in [3.63, 3.8) is 0 Å². The summed E-state index contributed by atoms with van der Waals surface area (Å²) in [6.45, 7) is 6.43. The summed E-state index contributed by atoms with van der Waals surface area (Å²) in [6, 6.07) is 0. The summed E-state index contributed by atoms with van der Waals surface area (Å²) in [5.74, 6) is 0. The smallest absolute Gasteiger partial charge is 0.106 e. The highest BCUT2D eigenvalue weighted by Crippen LogP contribution is 2.28. The van der Waals surface area contributed by atoms with Crippen molar-refractivity contribution in [1.29, 1.82) is 0 Å². The lowest BCUT2D eigenvalue weighted by atomic mass is 10.0. The molecule has 0 aromatic rings. The average molecular weight is 195 g/mol. The minimum absolute atomic E-state index is 0.214. The van der Waals surface area contributed by atoms with Crippen molar-refractivity contribution in [3.8, 4) is 0 Å². The Bertz CT molecular complexity index is 268. The van der Waals surface area contributed by atoms with E-state index in [0.717, 1.165) is 6.54 Å². The highest BCUT2D eigenvalue weighted by Gasteiger charge is 2.21. The maximum Gasteiger partial charge on any atom is 0.106 e. The Labute approximate surface area is 84.7 Å². The molecule has 0 amide bonds. The topological polar surface area (TPSA) is 40.5 Å². The SMILES string of the molecule is C=O.CC1=C(CO)CN2CCCC2=C1. The number of rotatable bonds is 1. The van der Waals surface area contributed by atoms with Gasteiger partial charge in [-0.15, -0.1) is 0 Å². The number of aliphatic hydroxyl groups is 1. The van der Waals surface area contributed by atoms with Gasteiger partial charge in [0.1, 0.15) is 6.79 Å². The van der Waals surface area contributed by atoms with Gasteiger partial charge in [-0.1, -0.05) is 0 Å². The van der Waals surface area contributed by atoms with E-state index in [9.17, 15) is 0 Å². The molecule has 2 aliphatic rings. The Morgan fingerprint density at radius 1 is 1.57 bits per heavy atom. The second-order valence-electron chi connectivity index (χ2n) is 3.61. The monoisotopic (exact) mass is 195 g/mol. The Kier molecular flexibility index (Phi) is 3.89. The van der Waals surface area contributed by atoms with Crippen molar-refractivity contribution in [1.82, 2.24) is 4.90 Å². The molecule has 1 N–H and O–H groups in total. The zero-order chi connectivity index (χ0) is 10.6. The van der Waals surface area contributed by atoms with Gasteiger partial charge >= 0.3 is 0 Å². The molecule has 3 heteroatoms. The fourth-order valence-electron chi connectivity index (χ4n) is 1.98. The molecule has 0 unspecified atom stereocenters. The van der Waals surface area contributed by atoms with Crippen LogP contribution >= 0.6 is 0 Å². The summed E-state index contributed by atoms with van der Waals surface area (Å²) >= 11 is 0. The third-order valence-electron chi connectivity index (χ3n) is 2.78. The maximum atomic E-state index is 9.07. The number of carbonyl (C=O) groups is 1. The van der Waals surface area contributed by atoms with E-state index in [0.29, 0.717) is 0 Å². The van der Waals surface area contributed by atoms with Crippen LogP contribution in [0.4, 0.5) is 0 Å². The molecule has 2 heterocycles. The van der Waals surface area contributed by atoms with Crippen LogP contribution in [0.1, 0.15) is 19.8 Å². The van der Waals surface area contributed by atoms with Gasteiger partial charge in [0.2, 0.25) is 0 Å². The van der Waals surface area contributed by atoms with Gasteiger partial charge in [-0.3, -0.25) is 0 Å². The Morgan fingerprint density at radius 2 is 2.29 bits per heavy atom. The van der Waals surface area contributed by atoms with Crippen LogP contribution in [0.5, 0.6) is 0 Å². The molecule has 0 spiro atoms. The van der Waals surface area contributed by atoms with Gasteiger partial charge in [-0.25, -0.2) is 0 Å². The molecule has 0 aliphatic carbocycles. The molecule has 78 valence electrons. The summed E-state index contributed by atoms with van der Waals surface area (Å²) in [5.41, 5.74) is 3.91. The molecule has 0 atom stereocenters. The normalized spacial score (nSPS) is 19.9. The van der Waals surface area contributed by atoms with E-state index in [4.69, 9.17) is 9.90 Å². The Balaban J connectivity index is 0.000000461. The number of allylic oxidation sites excluding steroid dienone is 3. The quantitative estimate of drug-likeness (QED) is 0.681. The lowest BCUT2D eigenvalue weighted by molar-refractivity contribution is -0.0979. The van der Waals surface area contributed by atoms with Gasteiger partial charge in [-0.05, 0) is 37.0 Å². The van der Waals surface area contributed by atoms with Gasteiger partial charge in [0.05, 0.1) is 6.61 Å². The summed E-state index contributed by atoms with van der Waals surface area (Å²) in [4.78, 5) is 10.4. The van der Waals surface area contributed by atoms with Crippen molar-refractivity contribution < 1.29 is 9.90 Å². The van der Waals surface area contributed by atoms with E-state index in [1.165, 1.54) is 36.2 Å². The van der Waals surface area contributed by atoms with Gasteiger partial charge in [-0.2, -0.15) is 0 Å². The fraction of sp³-hybridized carbons (Fsp3) is 0.545. The summed E-state index contributed by atoms with van der Waals surface area (Å²) in [5, 5.41) is 9.07. The number of carbonyl (C=O) groups excluding carboxylic acids is 1. The standard InChI is InChI=1S/C10H15NO.CH2O/c1-8-5-10-3-2-4-11(10)6-9(8)7-12;1-2/h5,12H,2-4,6-7H2,1H3;1H2. The predicted octanol–water partition coefficient (Wildman–Crippen LogP) is 1.10. The average Bonchev–Trinajstić information content (AvgIpc) is 2.66. The highest BCUT2D eigenvalue weighted by atomic mass is 16.3. The molecule has 1 fully saturated rings. The first kappa shape index (κ1) is 11.0. The third kappa shape index (κ3) is 2.04.